The maximum Gasteiger partial charge on any atom is 0.221 e. The summed E-state index contributed by atoms with van der Waals surface area (Å²) in [6, 6.07) is 9.45. The summed E-state index contributed by atoms with van der Waals surface area (Å²) in [4.78, 5) is 11.3. The molecular weight excluding hydrogens is 224 g/mol. The molecule has 2 N–H and O–H groups in total. The zero-order valence-corrected chi connectivity index (χ0v) is 10.6. The fourth-order valence-corrected chi connectivity index (χ4v) is 3.10. The smallest absolute Gasteiger partial charge is 0.221 e. The number of hydrogen-bond donors (Lipinski definition) is 2. The molecule has 1 aliphatic carbocycles. The van der Waals surface area contributed by atoms with Crippen LogP contribution in [0.5, 0.6) is 0 Å². The van der Waals surface area contributed by atoms with Crippen LogP contribution in [0, 0.1) is 0 Å². The molecule has 0 bridgehead atoms. The van der Waals surface area contributed by atoms with Crippen LogP contribution in [0.4, 0.5) is 0 Å². The summed E-state index contributed by atoms with van der Waals surface area (Å²) in [5.41, 5.74) is 2.92. The van der Waals surface area contributed by atoms with Crippen molar-refractivity contribution in [3.63, 3.8) is 0 Å². The van der Waals surface area contributed by atoms with Crippen molar-refractivity contribution in [3.05, 3.63) is 35.4 Å². The second kappa shape index (κ2) is 5.11. The van der Waals surface area contributed by atoms with Gasteiger partial charge in [0.15, 0.2) is 0 Å². The summed E-state index contributed by atoms with van der Waals surface area (Å²) in [6.07, 6.45) is 5.54. The summed E-state index contributed by atoms with van der Waals surface area (Å²) in [7, 11) is 0. The molecule has 96 valence electrons. The van der Waals surface area contributed by atoms with Crippen molar-refractivity contribution in [2.24, 2.45) is 0 Å². The van der Waals surface area contributed by atoms with E-state index in [0.29, 0.717) is 18.5 Å². The molecule has 2 aliphatic rings. The third-order valence-electron chi connectivity index (χ3n) is 4.03. The Hall–Kier alpha value is -1.35. The van der Waals surface area contributed by atoms with Gasteiger partial charge in [-0.2, -0.15) is 0 Å². The standard InChI is InChI=1S/C15H20N2O/c18-15-9-12(10-16-15)17-14-8-4-2-6-11-5-1-3-7-13(11)14/h1,3,5,7,12,14,17H,2,4,6,8-10H2,(H,16,18). The minimum absolute atomic E-state index is 0.175. The van der Waals surface area contributed by atoms with E-state index >= 15 is 0 Å². The molecule has 0 spiro atoms. The monoisotopic (exact) mass is 244 g/mol. The molecule has 2 atom stereocenters. The molecule has 3 nitrogen and oxygen atoms in total. The maximum absolute atomic E-state index is 11.3. The van der Waals surface area contributed by atoms with Crippen LogP contribution >= 0.6 is 0 Å². The van der Waals surface area contributed by atoms with Crippen LogP contribution in [-0.4, -0.2) is 18.5 Å². The first-order valence-electron chi connectivity index (χ1n) is 6.93. The van der Waals surface area contributed by atoms with Gasteiger partial charge in [0, 0.05) is 25.0 Å². The lowest BCUT2D eigenvalue weighted by molar-refractivity contribution is -0.119. The molecule has 0 aromatic heterocycles. The molecule has 1 aromatic carbocycles. The molecule has 0 radical (unpaired) electrons. The third-order valence-corrected chi connectivity index (χ3v) is 4.03. The van der Waals surface area contributed by atoms with Crippen molar-refractivity contribution in [1.82, 2.24) is 10.6 Å². The highest BCUT2D eigenvalue weighted by Gasteiger charge is 2.26. The third kappa shape index (κ3) is 2.41. The molecule has 1 saturated heterocycles. The summed E-state index contributed by atoms with van der Waals surface area (Å²) in [5.74, 6) is 0.175. The zero-order chi connectivity index (χ0) is 12.4. The van der Waals surface area contributed by atoms with Crippen molar-refractivity contribution in [3.8, 4) is 0 Å². The molecule has 1 fully saturated rings. The van der Waals surface area contributed by atoms with Crippen molar-refractivity contribution in [2.75, 3.05) is 6.54 Å². The minimum Gasteiger partial charge on any atom is -0.354 e. The van der Waals surface area contributed by atoms with Crippen LogP contribution in [-0.2, 0) is 11.2 Å². The van der Waals surface area contributed by atoms with Gasteiger partial charge in [-0.1, -0.05) is 30.7 Å². The van der Waals surface area contributed by atoms with Gasteiger partial charge >= 0.3 is 0 Å². The predicted octanol–water partition coefficient (Wildman–Crippen LogP) is 1.93. The molecule has 3 heteroatoms. The van der Waals surface area contributed by atoms with E-state index in [1.54, 1.807) is 0 Å². The fourth-order valence-electron chi connectivity index (χ4n) is 3.10. The second-order valence-corrected chi connectivity index (χ2v) is 5.37. The van der Waals surface area contributed by atoms with Crippen LogP contribution in [0.25, 0.3) is 0 Å². The number of fused-ring (bicyclic) bond motifs is 1. The van der Waals surface area contributed by atoms with Crippen LogP contribution in [0.3, 0.4) is 0 Å². The molecule has 1 amide bonds. The largest absolute Gasteiger partial charge is 0.354 e. The Balaban J connectivity index is 1.77. The lowest BCUT2D eigenvalue weighted by Gasteiger charge is -2.22. The molecule has 1 aromatic rings. The van der Waals surface area contributed by atoms with Crippen LogP contribution in [0.15, 0.2) is 24.3 Å². The van der Waals surface area contributed by atoms with Gasteiger partial charge in [-0.15, -0.1) is 0 Å². The van der Waals surface area contributed by atoms with Gasteiger partial charge in [-0.25, -0.2) is 0 Å². The normalized spacial score (nSPS) is 27.4. The number of rotatable bonds is 2. The number of nitrogens with one attached hydrogen (secondary N) is 2. The van der Waals surface area contributed by atoms with Gasteiger partial charge in [-0.05, 0) is 30.4 Å². The number of hydrogen-bond acceptors (Lipinski definition) is 2. The number of carbonyl (C=O) groups is 1. The number of aryl methyl sites for hydroxylation is 1. The van der Waals surface area contributed by atoms with Crippen molar-refractivity contribution in [2.45, 2.75) is 44.2 Å². The lowest BCUT2D eigenvalue weighted by Crippen LogP contribution is -2.34. The van der Waals surface area contributed by atoms with E-state index < -0.39 is 0 Å². The Labute approximate surface area is 108 Å². The SMILES string of the molecule is O=C1CC(NC2CCCCc3ccccc32)CN1. The van der Waals surface area contributed by atoms with Crippen LogP contribution < -0.4 is 10.6 Å². The van der Waals surface area contributed by atoms with E-state index in [4.69, 9.17) is 0 Å². The maximum atomic E-state index is 11.3. The molecule has 0 saturated carbocycles. The second-order valence-electron chi connectivity index (χ2n) is 5.37. The molecule has 1 heterocycles. The predicted molar refractivity (Wildman–Crippen MR) is 71.3 cm³/mol. The van der Waals surface area contributed by atoms with Gasteiger partial charge in [-0.3, -0.25) is 4.79 Å². The summed E-state index contributed by atoms with van der Waals surface area (Å²) >= 11 is 0. The van der Waals surface area contributed by atoms with Crippen LogP contribution in [0.2, 0.25) is 0 Å². The van der Waals surface area contributed by atoms with Crippen molar-refractivity contribution in [1.29, 1.82) is 0 Å². The molecule has 2 unspecified atom stereocenters. The Morgan fingerprint density at radius 3 is 2.94 bits per heavy atom. The molecular formula is C15H20N2O. The Bertz CT molecular complexity index is 444. The first-order chi connectivity index (χ1) is 8.83. The molecule has 18 heavy (non-hydrogen) atoms. The first-order valence-corrected chi connectivity index (χ1v) is 6.93. The Morgan fingerprint density at radius 1 is 1.22 bits per heavy atom. The summed E-state index contributed by atoms with van der Waals surface area (Å²) in [6.45, 7) is 0.775. The van der Waals surface area contributed by atoms with Gasteiger partial charge < -0.3 is 10.6 Å². The van der Waals surface area contributed by atoms with E-state index in [0.717, 1.165) is 6.54 Å². The van der Waals surface area contributed by atoms with Crippen LogP contribution in [0.1, 0.15) is 42.9 Å². The van der Waals surface area contributed by atoms with E-state index in [2.05, 4.69) is 34.9 Å². The van der Waals surface area contributed by atoms with Gasteiger partial charge in [0.05, 0.1) is 0 Å². The topological polar surface area (TPSA) is 41.1 Å². The highest BCUT2D eigenvalue weighted by atomic mass is 16.1. The first kappa shape index (κ1) is 11.7. The summed E-state index contributed by atoms with van der Waals surface area (Å²) in [5, 5.41) is 6.56. The van der Waals surface area contributed by atoms with Crippen molar-refractivity contribution < 1.29 is 4.79 Å². The molecule has 1 aliphatic heterocycles. The highest BCUT2D eigenvalue weighted by molar-refractivity contribution is 5.78. The minimum atomic E-state index is 0.175. The lowest BCUT2D eigenvalue weighted by atomic mass is 9.98. The van der Waals surface area contributed by atoms with Gasteiger partial charge in [0.2, 0.25) is 5.91 Å². The number of benzene rings is 1. The zero-order valence-electron chi connectivity index (χ0n) is 10.6. The Morgan fingerprint density at radius 2 is 2.11 bits per heavy atom. The number of amides is 1. The van der Waals surface area contributed by atoms with E-state index in [1.165, 1.54) is 36.8 Å². The van der Waals surface area contributed by atoms with Crippen molar-refractivity contribution >= 4 is 5.91 Å². The highest BCUT2D eigenvalue weighted by Crippen LogP contribution is 2.29. The summed E-state index contributed by atoms with van der Waals surface area (Å²) < 4.78 is 0. The number of carbonyl (C=O) groups excluding carboxylic acids is 1. The van der Waals surface area contributed by atoms with E-state index in [9.17, 15) is 4.79 Å². The Kier molecular flexibility index (Phi) is 3.33. The fraction of sp³-hybridized carbons (Fsp3) is 0.533. The van der Waals surface area contributed by atoms with E-state index in [1.807, 2.05) is 0 Å². The average Bonchev–Trinajstić information content (AvgIpc) is 2.68. The van der Waals surface area contributed by atoms with E-state index in [-0.39, 0.29) is 5.91 Å². The average molecular weight is 244 g/mol. The van der Waals surface area contributed by atoms with Gasteiger partial charge in [0.1, 0.15) is 0 Å². The molecule has 3 rings (SSSR count). The quantitative estimate of drug-likeness (QED) is 0.781. The van der Waals surface area contributed by atoms with Gasteiger partial charge in [0.25, 0.3) is 0 Å².